The van der Waals surface area contributed by atoms with Gasteiger partial charge in [0.2, 0.25) is 5.91 Å². The van der Waals surface area contributed by atoms with Gasteiger partial charge in [0.05, 0.1) is 0 Å². The number of rotatable bonds is 4. The zero-order valence-corrected chi connectivity index (χ0v) is 17.4. The third kappa shape index (κ3) is 3.77. The molecule has 3 fully saturated rings. The highest BCUT2D eigenvalue weighted by Crippen LogP contribution is 2.34. The molecule has 1 aromatic rings. The fourth-order valence-electron chi connectivity index (χ4n) is 4.96. The first-order valence-corrected chi connectivity index (χ1v) is 10.9. The highest BCUT2D eigenvalue weighted by atomic mass is 16.2. The molecule has 1 spiro atoms. The van der Waals surface area contributed by atoms with Gasteiger partial charge in [-0.25, -0.2) is 4.79 Å². The molecule has 2 saturated heterocycles. The summed E-state index contributed by atoms with van der Waals surface area (Å²) in [7, 11) is 0. The number of urea groups is 1. The number of amides is 4. The average Bonchev–Trinajstić information content (AvgIpc) is 3.04. The molecule has 156 valence electrons. The number of benzene rings is 1. The normalized spacial score (nSPS) is 24.5. The number of anilines is 1. The van der Waals surface area contributed by atoms with E-state index in [1.807, 2.05) is 12.1 Å². The maximum Gasteiger partial charge on any atom is 0.325 e. The molecule has 1 aliphatic carbocycles. The van der Waals surface area contributed by atoms with Crippen LogP contribution in [0.5, 0.6) is 0 Å². The van der Waals surface area contributed by atoms with Crippen molar-refractivity contribution in [1.82, 2.24) is 10.2 Å². The Labute approximate surface area is 172 Å². The van der Waals surface area contributed by atoms with Gasteiger partial charge in [-0.2, -0.15) is 0 Å². The second-order valence-electron chi connectivity index (χ2n) is 9.16. The van der Waals surface area contributed by atoms with Crippen molar-refractivity contribution in [2.75, 3.05) is 18.0 Å². The highest BCUT2D eigenvalue weighted by molar-refractivity contribution is 6.07. The van der Waals surface area contributed by atoms with Crippen LogP contribution in [0.2, 0.25) is 0 Å². The van der Waals surface area contributed by atoms with Crippen molar-refractivity contribution in [3.8, 4) is 0 Å². The van der Waals surface area contributed by atoms with Gasteiger partial charge in [-0.1, -0.05) is 51.7 Å². The Balaban J connectivity index is 1.43. The topological polar surface area (TPSA) is 69.7 Å². The van der Waals surface area contributed by atoms with Crippen molar-refractivity contribution in [2.45, 2.75) is 70.3 Å². The van der Waals surface area contributed by atoms with Crippen LogP contribution >= 0.6 is 0 Å². The second kappa shape index (κ2) is 7.81. The van der Waals surface area contributed by atoms with E-state index in [1.54, 1.807) is 4.90 Å². The smallest absolute Gasteiger partial charge is 0.323 e. The maximum atomic E-state index is 13.1. The summed E-state index contributed by atoms with van der Waals surface area (Å²) in [6, 6.07) is 7.82. The van der Waals surface area contributed by atoms with Gasteiger partial charge >= 0.3 is 6.03 Å². The summed E-state index contributed by atoms with van der Waals surface area (Å²) in [5.74, 6) is 0.394. The lowest BCUT2D eigenvalue weighted by atomic mass is 9.90. The summed E-state index contributed by atoms with van der Waals surface area (Å²) in [6.07, 6.45) is 6.01. The largest absolute Gasteiger partial charge is 0.325 e. The van der Waals surface area contributed by atoms with Gasteiger partial charge in [0.25, 0.3) is 5.91 Å². The van der Waals surface area contributed by atoms with Crippen molar-refractivity contribution in [1.29, 1.82) is 0 Å². The van der Waals surface area contributed by atoms with Crippen molar-refractivity contribution < 1.29 is 14.4 Å². The third-order valence-electron chi connectivity index (χ3n) is 6.72. The van der Waals surface area contributed by atoms with Gasteiger partial charge in [-0.15, -0.1) is 0 Å². The zero-order chi connectivity index (χ0) is 20.6. The summed E-state index contributed by atoms with van der Waals surface area (Å²) in [5, 5.41) is 2.99. The first-order valence-electron chi connectivity index (χ1n) is 10.9. The molecule has 0 radical (unpaired) electrons. The summed E-state index contributed by atoms with van der Waals surface area (Å²) in [5.41, 5.74) is 1.42. The third-order valence-corrected chi connectivity index (χ3v) is 6.72. The van der Waals surface area contributed by atoms with Crippen LogP contribution in [0.25, 0.3) is 0 Å². The number of nitrogens with one attached hydrogen (secondary N) is 1. The lowest BCUT2D eigenvalue weighted by Crippen LogP contribution is -2.46. The van der Waals surface area contributed by atoms with Crippen molar-refractivity contribution in [3.63, 3.8) is 0 Å². The molecule has 4 rings (SSSR count). The van der Waals surface area contributed by atoms with E-state index < -0.39 is 5.54 Å². The van der Waals surface area contributed by atoms with E-state index >= 15 is 0 Å². The molecule has 6 heteroatoms. The minimum absolute atomic E-state index is 0.0251. The second-order valence-corrected chi connectivity index (χ2v) is 9.16. The van der Waals surface area contributed by atoms with E-state index in [1.165, 1.54) is 10.5 Å². The standard InChI is InChI=1S/C23H31N3O3/c1-16(2)18-7-9-19(10-8-18)25-14-17(13-20(25)27)15-26-21(28)23(24-22(26)29)11-5-3-4-6-12-23/h7-10,16-17H,3-6,11-15H2,1-2H3,(H,24,29). The first kappa shape index (κ1) is 19.9. The van der Waals surface area contributed by atoms with Crippen LogP contribution in [0.1, 0.15) is 70.3 Å². The fraction of sp³-hybridized carbons (Fsp3) is 0.609. The summed E-state index contributed by atoms with van der Waals surface area (Å²) >= 11 is 0. The van der Waals surface area contributed by atoms with E-state index in [0.717, 1.165) is 44.2 Å². The van der Waals surface area contributed by atoms with Gasteiger partial charge < -0.3 is 10.2 Å². The maximum absolute atomic E-state index is 13.1. The van der Waals surface area contributed by atoms with Crippen molar-refractivity contribution in [2.24, 2.45) is 5.92 Å². The molecule has 3 aliphatic rings. The number of carbonyl (C=O) groups is 3. The Morgan fingerprint density at radius 2 is 1.69 bits per heavy atom. The molecule has 1 saturated carbocycles. The van der Waals surface area contributed by atoms with Crippen LogP contribution in [0.15, 0.2) is 24.3 Å². The predicted molar refractivity (Wildman–Crippen MR) is 112 cm³/mol. The molecule has 2 aliphatic heterocycles. The van der Waals surface area contributed by atoms with Crippen LogP contribution in [-0.2, 0) is 9.59 Å². The Bertz CT molecular complexity index is 794. The minimum atomic E-state index is -0.706. The minimum Gasteiger partial charge on any atom is -0.323 e. The molecule has 1 unspecified atom stereocenters. The summed E-state index contributed by atoms with van der Waals surface area (Å²) in [4.78, 5) is 41.5. The number of carbonyl (C=O) groups excluding carboxylic acids is 3. The highest BCUT2D eigenvalue weighted by Gasteiger charge is 2.51. The predicted octanol–water partition coefficient (Wildman–Crippen LogP) is 3.81. The Morgan fingerprint density at radius 3 is 2.31 bits per heavy atom. The van der Waals surface area contributed by atoms with Crippen molar-refractivity contribution in [3.05, 3.63) is 29.8 Å². The molecular weight excluding hydrogens is 366 g/mol. The van der Waals surface area contributed by atoms with Crippen LogP contribution in [0, 0.1) is 5.92 Å². The number of hydrogen-bond donors (Lipinski definition) is 1. The molecule has 0 aromatic heterocycles. The molecule has 4 amide bonds. The lowest BCUT2D eigenvalue weighted by molar-refractivity contribution is -0.132. The van der Waals surface area contributed by atoms with Gasteiger partial charge in [0.15, 0.2) is 0 Å². The summed E-state index contributed by atoms with van der Waals surface area (Å²) in [6.45, 7) is 5.15. The molecule has 2 heterocycles. The molecule has 0 bridgehead atoms. The zero-order valence-electron chi connectivity index (χ0n) is 17.4. The van der Waals surface area contributed by atoms with E-state index in [2.05, 4.69) is 31.3 Å². The molecule has 1 atom stereocenters. The number of hydrogen-bond acceptors (Lipinski definition) is 3. The van der Waals surface area contributed by atoms with E-state index in [9.17, 15) is 14.4 Å². The SMILES string of the molecule is CC(C)c1ccc(N2CC(CN3C(=O)NC4(CCCCCC4)C3=O)CC2=O)cc1. The van der Waals surface area contributed by atoms with E-state index in [4.69, 9.17) is 0 Å². The first-order chi connectivity index (χ1) is 13.9. The average molecular weight is 398 g/mol. The Morgan fingerprint density at radius 1 is 1.03 bits per heavy atom. The monoisotopic (exact) mass is 397 g/mol. The Hall–Kier alpha value is -2.37. The molecule has 1 N–H and O–H groups in total. The van der Waals surface area contributed by atoms with Gasteiger partial charge in [0, 0.05) is 31.1 Å². The van der Waals surface area contributed by atoms with Gasteiger partial charge in [-0.3, -0.25) is 14.5 Å². The number of nitrogens with zero attached hydrogens (tertiary/aromatic N) is 2. The fourth-order valence-corrected chi connectivity index (χ4v) is 4.96. The Kier molecular flexibility index (Phi) is 5.36. The lowest BCUT2D eigenvalue weighted by Gasteiger charge is -2.25. The van der Waals surface area contributed by atoms with Crippen LogP contribution in [0.4, 0.5) is 10.5 Å². The van der Waals surface area contributed by atoms with Crippen LogP contribution in [-0.4, -0.2) is 41.4 Å². The van der Waals surface area contributed by atoms with Crippen LogP contribution < -0.4 is 10.2 Å². The summed E-state index contributed by atoms with van der Waals surface area (Å²) < 4.78 is 0. The van der Waals surface area contributed by atoms with E-state index in [-0.39, 0.29) is 23.8 Å². The van der Waals surface area contributed by atoms with Crippen molar-refractivity contribution >= 4 is 23.5 Å². The van der Waals surface area contributed by atoms with Gasteiger partial charge in [0.1, 0.15) is 5.54 Å². The quantitative estimate of drug-likeness (QED) is 0.786. The number of imide groups is 1. The van der Waals surface area contributed by atoms with Crippen LogP contribution in [0.3, 0.4) is 0 Å². The molecule has 1 aromatic carbocycles. The molecule has 29 heavy (non-hydrogen) atoms. The van der Waals surface area contributed by atoms with Gasteiger partial charge in [-0.05, 0) is 36.5 Å². The molecule has 6 nitrogen and oxygen atoms in total. The molecular formula is C23H31N3O3. The van der Waals surface area contributed by atoms with E-state index in [0.29, 0.717) is 25.4 Å².